The van der Waals surface area contributed by atoms with Crippen molar-refractivity contribution in [1.29, 1.82) is 0 Å². The quantitative estimate of drug-likeness (QED) is 0.802. The molecule has 2 rings (SSSR count). The molecule has 0 aliphatic rings. The van der Waals surface area contributed by atoms with E-state index in [1.165, 1.54) is 12.5 Å². The van der Waals surface area contributed by atoms with Crippen LogP contribution in [0.5, 0.6) is 0 Å². The summed E-state index contributed by atoms with van der Waals surface area (Å²) in [5.41, 5.74) is 6.70. The van der Waals surface area contributed by atoms with Crippen LogP contribution in [0.1, 0.15) is 5.69 Å². The SMILES string of the molecule is NCc1coc(-c2ccoc2Cl)n1. The molecule has 4 nitrogen and oxygen atoms in total. The van der Waals surface area contributed by atoms with Gasteiger partial charge in [-0.15, -0.1) is 0 Å². The lowest BCUT2D eigenvalue weighted by molar-refractivity contribution is 0.558. The molecule has 0 aromatic carbocycles. The Labute approximate surface area is 79.3 Å². The second-order valence-corrected chi connectivity index (χ2v) is 2.80. The average Bonchev–Trinajstić information content (AvgIpc) is 2.71. The fourth-order valence-corrected chi connectivity index (χ4v) is 1.17. The molecule has 0 saturated carbocycles. The van der Waals surface area contributed by atoms with E-state index in [9.17, 15) is 0 Å². The van der Waals surface area contributed by atoms with Gasteiger partial charge in [0.2, 0.25) is 11.1 Å². The Morgan fingerprint density at radius 2 is 2.31 bits per heavy atom. The van der Waals surface area contributed by atoms with Gasteiger partial charge in [0.15, 0.2) is 0 Å². The number of rotatable bonds is 2. The molecule has 68 valence electrons. The number of nitrogens with zero attached hydrogens (tertiary/aromatic N) is 1. The first kappa shape index (κ1) is 8.34. The minimum absolute atomic E-state index is 0.269. The largest absolute Gasteiger partial charge is 0.452 e. The maximum Gasteiger partial charge on any atom is 0.231 e. The lowest BCUT2D eigenvalue weighted by Gasteiger charge is -1.87. The van der Waals surface area contributed by atoms with Crippen LogP contribution in [0.25, 0.3) is 11.5 Å². The van der Waals surface area contributed by atoms with E-state index in [1.54, 1.807) is 6.07 Å². The Hall–Kier alpha value is -1.26. The van der Waals surface area contributed by atoms with Crippen molar-refractivity contribution in [2.45, 2.75) is 6.54 Å². The molecule has 13 heavy (non-hydrogen) atoms. The zero-order valence-electron chi connectivity index (χ0n) is 6.66. The fraction of sp³-hybridized carbons (Fsp3) is 0.125. The summed E-state index contributed by atoms with van der Waals surface area (Å²) in [5.74, 6) is 0.430. The minimum Gasteiger partial charge on any atom is -0.452 e. The fourth-order valence-electron chi connectivity index (χ4n) is 0.971. The number of hydrogen-bond donors (Lipinski definition) is 1. The molecule has 0 atom stereocenters. The molecule has 0 radical (unpaired) electrons. The molecular formula is C8H7ClN2O2. The molecule has 2 aromatic heterocycles. The highest BCUT2D eigenvalue weighted by Crippen LogP contribution is 2.27. The van der Waals surface area contributed by atoms with Crippen LogP contribution in [0.15, 0.2) is 27.4 Å². The van der Waals surface area contributed by atoms with Crippen LogP contribution in [0.3, 0.4) is 0 Å². The normalized spacial score (nSPS) is 10.6. The van der Waals surface area contributed by atoms with Gasteiger partial charge in [-0.3, -0.25) is 0 Å². The number of aromatic nitrogens is 1. The molecule has 0 spiro atoms. The predicted octanol–water partition coefficient (Wildman–Crippen LogP) is 2.05. The molecule has 0 bridgehead atoms. The van der Waals surface area contributed by atoms with Crippen molar-refractivity contribution in [2.24, 2.45) is 5.73 Å². The van der Waals surface area contributed by atoms with E-state index in [-0.39, 0.29) is 5.22 Å². The summed E-state index contributed by atoms with van der Waals surface area (Å²) < 4.78 is 10.0. The van der Waals surface area contributed by atoms with Crippen LogP contribution in [-0.2, 0) is 6.54 Å². The molecule has 0 fully saturated rings. The Bertz CT molecular complexity index is 408. The van der Waals surface area contributed by atoms with Gasteiger partial charge >= 0.3 is 0 Å². The number of furan rings is 1. The minimum atomic E-state index is 0.269. The third kappa shape index (κ3) is 1.46. The molecule has 2 aromatic rings. The second-order valence-electron chi connectivity index (χ2n) is 2.46. The standard InChI is InChI=1S/C8H7ClN2O2/c9-7-6(1-2-12-7)8-11-5(3-10)4-13-8/h1-2,4H,3,10H2. The zero-order valence-corrected chi connectivity index (χ0v) is 7.41. The van der Waals surface area contributed by atoms with Crippen molar-refractivity contribution in [2.75, 3.05) is 0 Å². The Kier molecular flexibility index (Phi) is 2.08. The van der Waals surface area contributed by atoms with Gasteiger partial charge in [0.25, 0.3) is 0 Å². The van der Waals surface area contributed by atoms with Gasteiger partial charge in [0.1, 0.15) is 6.26 Å². The van der Waals surface area contributed by atoms with Crippen molar-refractivity contribution in [3.63, 3.8) is 0 Å². The average molecular weight is 199 g/mol. The second kappa shape index (κ2) is 3.24. The summed E-state index contributed by atoms with van der Waals surface area (Å²) in [6.45, 7) is 0.346. The third-order valence-corrected chi connectivity index (χ3v) is 1.90. The summed E-state index contributed by atoms with van der Waals surface area (Å²) in [7, 11) is 0. The molecular weight excluding hydrogens is 192 g/mol. The van der Waals surface area contributed by atoms with Crippen LogP contribution in [0.4, 0.5) is 0 Å². The van der Waals surface area contributed by atoms with E-state index < -0.39 is 0 Å². The monoisotopic (exact) mass is 198 g/mol. The van der Waals surface area contributed by atoms with Gasteiger partial charge < -0.3 is 14.6 Å². The molecule has 2 heterocycles. The Morgan fingerprint density at radius 3 is 2.85 bits per heavy atom. The topological polar surface area (TPSA) is 65.2 Å². The third-order valence-electron chi connectivity index (χ3n) is 1.61. The molecule has 0 aliphatic heterocycles. The van der Waals surface area contributed by atoms with Gasteiger partial charge in [-0.25, -0.2) is 4.98 Å². The number of oxazole rings is 1. The molecule has 0 amide bonds. The maximum absolute atomic E-state index is 5.73. The lowest BCUT2D eigenvalue weighted by Crippen LogP contribution is -1.95. The number of halogens is 1. The zero-order chi connectivity index (χ0) is 9.26. The van der Waals surface area contributed by atoms with Crippen molar-refractivity contribution >= 4 is 11.6 Å². The maximum atomic E-state index is 5.73. The van der Waals surface area contributed by atoms with Gasteiger partial charge in [0.05, 0.1) is 17.5 Å². The van der Waals surface area contributed by atoms with E-state index >= 15 is 0 Å². The predicted molar refractivity (Wildman–Crippen MR) is 47.1 cm³/mol. The van der Waals surface area contributed by atoms with Gasteiger partial charge in [-0.2, -0.15) is 0 Å². The number of nitrogens with two attached hydrogens (primary N) is 1. The molecule has 2 N–H and O–H groups in total. The van der Waals surface area contributed by atoms with Crippen molar-refractivity contribution in [3.8, 4) is 11.5 Å². The summed E-state index contributed by atoms with van der Waals surface area (Å²) in [6, 6.07) is 1.69. The van der Waals surface area contributed by atoms with Crippen molar-refractivity contribution in [1.82, 2.24) is 4.98 Å². The highest BCUT2D eigenvalue weighted by Gasteiger charge is 2.11. The summed E-state index contributed by atoms with van der Waals surface area (Å²) in [6.07, 6.45) is 2.97. The van der Waals surface area contributed by atoms with Gasteiger partial charge in [-0.1, -0.05) is 0 Å². The van der Waals surface area contributed by atoms with E-state index in [0.717, 1.165) is 0 Å². The van der Waals surface area contributed by atoms with Crippen molar-refractivity contribution < 1.29 is 8.83 Å². The highest BCUT2D eigenvalue weighted by atomic mass is 35.5. The summed E-state index contributed by atoms with van der Waals surface area (Å²) in [5, 5.41) is 0.269. The smallest absolute Gasteiger partial charge is 0.231 e. The first-order chi connectivity index (χ1) is 6.31. The van der Waals surface area contributed by atoms with Crippen molar-refractivity contribution in [3.05, 3.63) is 29.5 Å². The van der Waals surface area contributed by atoms with E-state index in [0.29, 0.717) is 23.7 Å². The first-order valence-corrected chi connectivity index (χ1v) is 4.07. The lowest BCUT2D eigenvalue weighted by atomic mass is 10.3. The van der Waals surface area contributed by atoms with Crippen LogP contribution >= 0.6 is 11.6 Å². The van der Waals surface area contributed by atoms with E-state index in [4.69, 9.17) is 26.2 Å². The van der Waals surface area contributed by atoms with E-state index in [2.05, 4.69) is 4.98 Å². The number of hydrogen-bond acceptors (Lipinski definition) is 4. The van der Waals surface area contributed by atoms with Crippen LogP contribution < -0.4 is 5.73 Å². The van der Waals surface area contributed by atoms with E-state index in [1.807, 2.05) is 0 Å². The Morgan fingerprint density at radius 1 is 1.46 bits per heavy atom. The molecule has 0 saturated heterocycles. The van der Waals surface area contributed by atoms with Crippen LogP contribution in [-0.4, -0.2) is 4.98 Å². The van der Waals surface area contributed by atoms with Crippen LogP contribution in [0.2, 0.25) is 5.22 Å². The molecule has 0 aliphatic carbocycles. The summed E-state index contributed by atoms with van der Waals surface area (Å²) in [4.78, 5) is 4.10. The van der Waals surface area contributed by atoms with Crippen LogP contribution in [0, 0.1) is 0 Å². The summed E-state index contributed by atoms with van der Waals surface area (Å²) >= 11 is 5.73. The molecule has 0 unspecified atom stereocenters. The highest BCUT2D eigenvalue weighted by molar-refractivity contribution is 6.31. The van der Waals surface area contributed by atoms with Gasteiger partial charge in [-0.05, 0) is 17.7 Å². The Balaban J connectivity index is 2.41. The van der Waals surface area contributed by atoms with Gasteiger partial charge in [0, 0.05) is 6.54 Å². The first-order valence-electron chi connectivity index (χ1n) is 3.69. The molecule has 5 heteroatoms.